The van der Waals surface area contributed by atoms with Crippen LogP contribution in [-0.4, -0.2) is 12.1 Å². The summed E-state index contributed by atoms with van der Waals surface area (Å²) in [7, 11) is 0. The molecule has 0 N–H and O–H groups in total. The van der Waals surface area contributed by atoms with E-state index in [4.69, 9.17) is 0 Å². The Balaban J connectivity index is 2.83. The van der Waals surface area contributed by atoms with Gasteiger partial charge in [-0.15, -0.1) is 0 Å². The summed E-state index contributed by atoms with van der Waals surface area (Å²) in [5.74, 6) is -0.706. The topological polar surface area (TPSA) is 34.1 Å². The summed E-state index contributed by atoms with van der Waals surface area (Å²) in [6, 6.07) is 5.13. The van der Waals surface area contributed by atoms with E-state index < -0.39 is 5.82 Å². The molecule has 1 aromatic carbocycles. The largest absolute Gasteiger partial charge is 0.299 e. The van der Waals surface area contributed by atoms with E-state index in [9.17, 15) is 14.0 Å². The molecule has 0 bridgehead atoms. The van der Waals surface area contributed by atoms with E-state index in [0.717, 1.165) is 12.2 Å². The van der Waals surface area contributed by atoms with E-state index in [-0.39, 0.29) is 5.78 Å². The zero-order chi connectivity index (χ0) is 9.68. The summed E-state index contributed by atoms with van der Waals surface area (Å²) in [4.78, 5) is 21.0. The highest BCUT2D eigenvalue weighted by molar-refractivity contribution is 6.05. The van der Waals surface area contributed by atoms with Crippen molar-refractivity contribution < 1.29 is 14.0 Å². The maximum absolute atomic E-state index is 12.4. The monoisotopic (exact) mass is 178 g/mol. The van der Waals surface area contributed by atoms with Crippen LogP contribution in [0, 0.1) is 5.82 Å². The molecule has 0 unspecified atom stereocenters. The SMILES string of the molecule is O=C/C=C/C(=O)c1ccc(F)cc1. The van der Waals surface area contributed by atoms with Crippen molar-refractivity contribution in [1.82, 2.24) is 0 Å². The third-order valence-corrected chi connectivity index (χ3v) is 1.45. The van der Waals surface area contributed by atoms with E-state index in [1.54, 1.807) is 0 Å². The van der Waals surface area contributed by atoms with Gasteiger partial charge >= 0.3 is 0 Å². The maximum Gasteiger partial charge on any atom is 0.185 e. The van der Waals surface area contributed by atoms with Crippen molar-refractivity contribution in [2.75, 3.05) is 0 Å². The smallest absolute Gasteiger partial charge is 0.185 e. The van der Waals surface area contributed by atoms with E-state index >= 15 is 0 Å². The molecule has 0 radical (unpaired) electrons. The first-order valence-corrected chi connectivity index (χ1v) is 3.66. The van der Waals surface area contributed by atoms with Crippen molar-refractivity contribution in [3.8, 4) is 0 Å². The van der Waals surface area contributed by atoms with Crippen LogP contribution in [0.25, 0.3) is 0 Å². The van der Waals surface area contributed by atoms with Crippen molar-refractivity contribution in [3.05, 3.63) is 47.8 Å². The highest BCUT2D eigenvalue weighted by Gasteiger charge is 2.00. The second-order valence-corrected chi connectivity index (χ2v) is 2.37. The van der Waals surface area contributed by atoms with Crippen LogP contribution in [0.15, 0.2) is 36.4 Å². The molecule has 0 aliphatic heterocycles. The quantitative estimate of drug-likeness (QED) is 0.401. The summed E-state index contributed by atoms with van der Waals surface area (Å²) in [6.45, 7) is 0. The number of carbonyl (C=O) groups is 2. The van der Waals surface area contributed by atoms with Gasteiger partial charge in [-0.25, -0.2) is 4.39 Å². The molecule has 2 nitrogen and oxygen atoms in total. The number of halogens is 1. The van der Waals surface area contributed by atoms with E-state index in [1.165, 1.54) is 24.3 Å². The Morgan fingerprint density at radius 2 is 1.85 bits per heavy atom. The molecular formula is C10H7FO2. The molecule has 0 heterocycles. The van der Waals surface area contributed by atoms with Gasteiger partial charge in [0, 0.05) is 5.56 Å². The van der Waals surface area contributed by atoms with Gasteiger partial charge in [0.25, 0.3) is 0 Å². The number of ketones is 1. The standard InChI is InChI=1S/C10H7FO2/c11-9-5-3-8(4-6-9)10(13)2-1-7-12/h1-7H/b2-1+. The first-order chi connectivity index (χ1) is 6.24. The van der Waals surface area contributed by atoms with Gasteiger partial charge in [-0.3, -0.25) is 9.59 Å². The van der Waals surface area contributed by atoms with Crippen LogP contribution in [-0.2, 0) is 4.79 Å². The lowest BCUT2D eigenvalue weighted by molar-refractivity contribution is -0.104. The first kappa shape index (κ1) is 9.32. The molecular weight excluding hydrogens is 171 g/mol. The Kier molecular flexibility index (Phi) is 3.09. The van der Waals surface area contributed by atoms with Gasteiger partial charge in [0.1, 0.15) is 12.1 Å². The zero-order valence-corrected chi connectivity index (χ0v) is 6.74. The van der Waals surface area contributed by atoms with Crippen molar-refractivity contribution >= 4 is 12.1 Å². The van der Waals surface area contributed by atoms with Crippen LogP contribution in [0.4, 0.5) is 4.39 Å². The minimum Gasteiger partial charge on any atom is -0.299 e. The number of hydrogen-bond acceptors (Lipinski definition) is 2. The van der Waals surface area contributed by atoms with Crippen LogP contribution in [0.2, 0.25) is 0 Å². The average molecular weight is 178 g/mol. The van der Waals surface area contributed by atoms with E-state index in [2.05, 4.69) is 0 Å². The van der Waals surface area contributed by atoms with Crippen LogP contribution in [0.3, 0.4) is 0 Å². The second kappa shape index (κ2) is 4.30. The molecule has 0 fully saturated rings. The molecule has 66 valence electrons. The normalized spacial score (nSPS) is 10.2. The van der Waals surface area contributed by atoms with Crippen LogP contribution in [0.1, 0.15) is 10.4 Å². The fourth-order valence-electron chi connectivity index (χ4n) is 0.837. The van der Waals surface area contributed by atoms with Crippen LogP contribution >= 0.6 is 0 Å². The summed E-state index contributed by atoms with van der Waals surface area (Å²) >= 11 is 0. The molecule has 0 atom stereocenters. The third kappa shape index (κ3) is 2.63. The van der Waals surface area contributed by atoms with Gasteiger partial charge in [-0.2, -0.15) is 0 Å². The molecule has 3 heteroatoms. The van der Waals surface area contributed by atoms with E-state index in [1.807, 2.05) is 0 Å². The molecule has 0 aliphatic carbocycles. The average Bonchev–Trinajstić information content (AvgIpc) is 2.15. The number of allylic oxidation sites excluding steroid dienone is 2. The highest BCUT2D eigenvalue weighted by Crippen LogP contribution is 2.03. The number of benzene rings is 1. The van der Waals surface area contributed by atoms with Gasteiger partial charge in [0.15, 0.2) is 5.78 Å². The Labute approximate surface area is 74.7 Å². The summed E-state index contributed by atoms with van der Waals surface area (Å²) in [5.41, 5.74) is 0.361. The second-order valence-electron chi connectivity index (χ2n) is 2.37. The highest BCUT2D eigenvalue weighted by atomic mass is 19.1. The van der Waals surface area contributed by atoms with Crippen molar-refractivity contribution in [2.45, 2.75) is 0 Å². The predicted molar refractivity (Wildman–Crippen MR) is 45.9 cm³/mol. The fraction of sp³-hybridized carbons (Fsp3) is 0. The Hall–Kier alpha value is -1.77. The lowest BCUT2D eigenvalue weighted by atomic mass is 10.1. The number of hydrogen-bond donors (Lipinski definition) is 0. The van der Waals surface area contributed by atoms with Crippen LogP contribution in [0.5, 0.6) is 0 Å². The van der Waals surface area contributed by atoms with Gasteiger partial charge in [0.2, 0.25) is 0 Å². The molecule has 1 aromatic rings. The van der Waals surface area contributed by atoms with Crippen LogP contribution < -0.4 is 0 Å². The molecule has 0 saturated carbocycles. The molecule has 0 amide bonds. The first-order valence-electron chi connectivity index (χ1n) is 3.66. The number of carbonyl (C=O) groups excluding carboxylic acids is 2. The van der Waals surface area contributed by atoms with Gasteiger partial charge in [-0.1, -0.05) is 0 Å². The van der Waals surface area contributed by atoms with Crippen molar-refractivity contribution in [3.63, 3.8) is 0 Å². The maximum atomic E-state index is 12.4. The molecule has 13 heavy (non-hydrogen) atoms. The van der Waals surface area contributed by atoms with Crippen molar-refractivity contribution in [2.24, 2.45) is 0 Å². The van der Waals surface area contributed by atoms with Gasteiger partial charge in [-0.05, 0) is 36.4 Å². The lowest BCUT2D eigenvalue weighted by Crippen LogP contribution is -1.93. The molecule has 0 aliphatic rings. The Morgan fingerprint density at radius 3 is 2.38 bits per heavy atom. The lowest BCUT2D eigenvalue weighted by Gasteiger charge is -1.93. The summed E-state index contributed by atoms with van der Waals surface area (Å²) < 4.78 is 12.4. The minimum atomic E-state index is -0.393. The molecule has 0 aromatic heterocycles. The summed E-state index contributed by atoms with van der Waals surface area (Å²) in [6.07, 6.45) is 2.76. The molecule has 0 spiro atoms. The molecule has 1 rings (SSSR count). The third-order valence-electron chi connectivity index (χ3n) is 1.45. The zero-order valence-electron chi connectivity index (χ0n) is 6.74. The van der Waals surface area contributed by atoms with Gasteiger partial charge < -0.3 is 0 Å². The molecule has 0 saturated heterocycles. The fourth-order valence-corrected chi connectivity index (χ4v) is 0.837. The number of rotatable bonds is 3. The Morgan fingerprint density at radius 1 is 1.23 bits per heavy atom. The van der Waals surface area contributed by atoms with Crippen molar-refractivity contribution in [1.29, 1.82) is 0 Å². The minimum absolute atomic E-state index is 0.313. The van der Waals surface area contributed by atoms with Gasteiger partial charge in [0.05, 0.1) is 0 Å². The number of aldehydes is 1. The van der Waals surface area contributed by atoms with E-state index in [0.29, 0.717) is 11.8 Å². The predicted octanol–water partition coefficient (Wildman–Crippen LogP) is 1.76. The summed E-state index contributed by atoms with van der Waals surface area (Å²) in [5, 5.41) is 0. The Bertz CT molecular complexity index is 338.